The van der Waals surface area contributed by atoms with Gasteiger partial charge < -0.3 is 5.32 Å². The van der Waals surface area contributed by atoms with Crippen molar-refractivity contribution in [2.24, 2.45) is 19.5 Å². The van der Waals surface area contributed by atoms with E-state index in [1.165, 1.54) is 43.8 Å². The number of rotatable bonds is 3. The second-order valence-electron chi connectivity index (χ2n) is 5.84. The molecule has 0 unspecified atom stereocenters. The van der Waals surface area contributed by atoms with Crippen molar-refractivity contribution in [3.63, 3.8) is 0 Å². The van der Waals surface area contributed by atoms with Crippen LogP contribution in [-0.4, -0.2) is 20.9 Å². The van der Waals surface area contributed by atoms with Gasteiger partial charge in [0.2, 0.25) is 5.82 Å². The van der Waals surface area contributed by atoms with Gasteiger partial charge in [0.1, 0.15) is 0 Å². The van der Waals surface area contributed by atoms with Crippen LogP contribution in [0.3, 0.4) is 0 Å². The molecule has 6 nitrogen and oxygen atoms in total. The summed E-state index contributed by atoms with van der Waals surface area (Å²) in [4.78, 5) is 23.5. The van der Waals surface area contributed by atoms with Gasteiger partial charge >= 0.3 is 5.69 Å². The van der Waals surface area contributed by atoms with Crippen molar-refractivity contribution < 1.29 is 0 Å². The molecular formula is C13H22N4O2. The highest BCUT2D eigenvalue weighted by Gasteiger charge is 2.27. The number of nitrogens with zero attached hydrogens (tertiary/aromatic N) is 3. The third-order valence-electron chi connectivity index (χ3n) is 4.06. The molecule has 0 bridgehead atoms. The van der Waals surface area contributed by atoms with Crippen molar-refractivity contribution in [3.8, 4) is 0 Å². The topological polar surface area (TPSA) is 68.9 Å². The van der Waals surface area contributed by atoms with E-state index in [0.717, 1.165) is 11.1 Å². The lowest BCUT2D eigenvalue weighted by atomic mass is 9.76. The maximum Gasteiger partial charge on any atom is 0.346 e. The van der Waals surface area contributed by atoms with Gasteiger partial charge in [0, 0.05) is 20.6 Å². The summed E-state index contributed by atoms with van der Waals surface area (Å²) in [5, 5.41) is 7.14. The molecule has 1 N–H and O–H groups in total. The SMILES string of the molecule is Cn1nc(NCC2(C)CCCCC2)c(=O)n(C)c1=O. The third kappa shape index (κ3) is 2.88. The van der Waals surface area contributed by atoms with Gasteiger partial charge in [0.05, 0.1) is 0 Å². The Hall–Kier alpha value is -1.59. The van der Waals surface area contributed by atoms with Crippen molar-refractivity contribution in [2.45, 2.75) is 39.0 Å². The lowest BCUT2D eigenvalue weighted by molar-refractivity contribution is 0.233. The number of hydrogen-bond acceptors (Lipinski definition) is 4. The lowest BCUT2D eigenvalue weighted by Crippen LogP contribution is -2.41. The Morgan fingerprint density at radius 3 is 2.47 bits per heavy atom. The molecule has 0 amide bonds. The molecule has 19 heavy (non-hydrogen) atoms. The van der Waals surface area contributed by atoms with Crippen LogP contribution in [0.1, 0.15) is 39.0 Å². The summed E-state index contributed by atoms with van der Waals surface area (Å²) in [7, 11) is 3.02. The molecule has 1 aliphatic carbocycles. The fourth-order valence-electron chi connectivity index (χ4n) is 2.69. The zero-order valence-corrected chi connectivity index (χ0v) is 11.9. The summed E-state index contributed by atoms with van der Waals surface area (Å²) >= 11 is 0. The van der Waals surface area contributed by atoms with Crippen LogP contribution in [-0.2, 0) is 14.1 Å². The van der Waals surface area contributed by atoms with Crippen LogP contribution in [0.4, 0.5) is 5.82 Å². The molecule has 1 aromatic rings. The van der Waals surface area contributed by atoms with Crippen LogP contribution in [0.5, 0.6) is 0 Å². The lowest BCUT2D eigenvalue weighted by Gasteiger charge is -2.33. The number of aryl methyl sites for hydroxylation is 1. The third-order valence-corrected chi connectivity index (χ3v) is 4.06. The van der Waals surface area contributed by atoms with Gasteiger partial charge in [-0.3, -0.25) is 9.36 Å². The molecule has 106 valence electrons. The van der Waals surface area contributed by atoms with Gasteiger partial charge in [-0.05, 0) is 18.3 Å². The highest BCUT2D eigenvalue weighted by atomic mass is 16.2. The standard InChI is InChI=1S/C13H22N4O2/c1-13(7-5-4-6-8-13)9-14-10-11(18)16(2)12(19)17(3)15-10/h4-9H2,1-3H3,(H,14,15). The summed E-state index contributed by atoms with van der Waals surface area (Å²) in [6.07, 6.45) is 6.14. The first-order chi connectivity index (χ1) is 8.93. The first-order valence-corrected chi connectivity index (χ1v) is 6.81. The zero-order chi connectivity index (χ0) is 14.0. The number of aromatic nitrogens is 3. The molecule has 0 radical (unpaired) electrons. The van der Waals surface area contributed by atoms with E-state index in [1.54, 1.807) is 7.05 Å². The van der Waals surface area contributed by atoms with Gasteiger partial charge in [-0.2, -0.15) is 0 Å². The highest BCUT2D eigenvalue weighted by Crippen LogP contribution is 2.35. The van der Waals surface area contributed by atoms with E-state index in [9.17, 15) is 9.59 Å². The molecule has 0 aliphatic heterocycles. The predicted molar refractivity (Wildman–Crippen MR) is 74.4 cm³/mol. The summed E-state index contributed by atoms with van der Waals surface area (Å²) in [5.41, 5.74) is -0.540. The monoisotopic (exact) mass is 266 g/mol. The molecule has 1 heterocycles. The van der Waals surface area contributed by atoms with E-state index in [-0.39, 0.29) is 16.8 Å². The van der Waals surface area contributed by atoms with E-state index >= 15 is 0 Å². The minimum atomic E-state index is -0.403. The Morgan fingerprint density at radius 2 is 1.84 bits per heavy atom. The molecule has 1 aromatic heterocycles. The molecule has 0 saturated heterocycles. The average molecular weight is 266 g/mol. The molecule has 6 heteroatoms. The second kappa shape index (κ2) is 5.19. The van der Waals surface area contributed by atoms with Crippen LogP contribution in [0.25, 0.3) is 0 Å². The van der Waals surface area contributed by atoms with Crippen molar-refractivity contribution in [3.05, 3.63) is 20.8 Å². The molecular weight excluding hydrogens is 244 g/mol. The molecule has 0 spiro atoms. The van der Waals surface area contributed by atoms with Crippen LogP contribution in [0.2, 0.25) is 0 Å². The van der Waals surface area contributed by atoms with E-state index in [0.29, 0.717) is 0 Å². The van der Waals surface area contributed by atoms with Gasteiger partial charge in [-0.1, -0.05) is 26.2 Å². The van der Waals surface area contributed by atoms with Crippen molar-refractivity contribution >= 4 is 5.82 Å². The predicted octanol–water partition coefficient (Wildman–Crippen LogP) is 0.861. The quantitative estimate of drug-likeness (QED) is 0.881. The summed E-state index contributed by atoms with van der Waals surface area (Å²) < 4.78 is 2.27. The largest absolute Gasteiger partial charge is 0.363 e. The first kappa shape index (κ1) is 13.8. The maximum absolute atomic E-state index is 11.9. The summed E-state index contributed by atoms with van der Waals surface area (Å²) in [5.74, 6) is 0.261. The zero-order valence-electron chi connectivity index (χ0n) is 11.9. The Labute approximate surface area is 112 Å². The molecule has 2 rings (SSSR count). The van der Waals surface area contributed by atoms with Crippen molar-refractivity contribution in [1.82, 2.24) is 14.3 Å². The molecule has 1 fully saturated rings. The second-order valence-corrected chi connectivity index (χ2v) is 5.84. The van der Waals surface area contributed by atoms with Crippen molar-refractivity contribution in [2.75, 3.05) is 11.9 Å². The fourth-order valence-corrected chi connectivity index (χ4v) is 2.69. The average Bonchev–Trinajstić information content (AvgIpc) is 2.40. The Bertz CT molecular complexity index is 567. The first-order valence-electron chi connectivity index (χ1n) is 6.81. The van der Waals surface area contributed by atoms with Crippen LogP contribution in [0.15, 0.2) is 9.59 Å². The smallest absolute Gasteiger partial charge is 0.346 e. The molecule has 1 saturated carbocycles. The van der Waals surface area contributed by atoms with E-state index in [1.807, 2.05) is 0 Å². The Morgan fingerprint density at radius 1 is 1.21 bits per heavy atom. The molecule has 1 aliphatic rings. The minimum absolute atomic E-state index is 0.222. The van der Waals surface area contributed by atoms with E-state index < -0.39 is 5.69 Å². The number of anilines is 1. The normalized spacial score (nSPS) is 18.3. The van der Waals surface area contributed by atoms with Crippen LogP contribution in [0, 0.1) is 5.41 Å². The summed E-state index contributed by atoms with van der Waals surface area (Å²) in [6, 6.07) is 0. The number of hydrogen-bond donors (Lipinski definition) is 1. The fraction of sp³-hybridized carbons (Fsp3) is 0.769. The van der Waals surface area contributed by atoms with Gasteiger partial charge in [0.25, 0.3) is 5.56 Å². The van der Waals surface area contributed by atoms with Crippen LogP contribution < -0.4 is 16.6 Å². The van der Waals surface area contributed by atoms with Gasteiger partial charge in [-0.25, -0.2) is 9.48 Å². The number of nitrogens with one attached hydrogen (secondary N) is 1. The molecule has 0 atom stereocenters. The Balaban J connectivity index is 2.16. The van der Waals surface area contributed by atoms with Gasteiger partial charge in [-0.15, -0.1) is 5.10 Å². The minimum Gasteiger partial charge on any atom is -0.363 e. The van der Waals surface area contributed by atoms with E-state index in [2.05, 4.69) is 17.3 Å². The van der Waals surface area contributed by atoms with Crippen molar-refractivity contribution in [1.29, 1.82) is 0 Å². The maximum atomic E-state index is 11.9. The Kier molecular flexibility index (Phi) is 3.78. The van der Waals surface area contributed by atoms with Crippen LogP contribution >= 0.6 is 0 Å². The summed E-state index contributed by atoms with van der Waals surface area (Å²) in [6.45, 7) is 2.97. The highest BCUT2D eigenvalue weighted by molar-refractivity contribution is 5.29. The van der Waals surface area contributed by atoms with Gasteiger partial charge in [0.15, 0.2) is 0 Å². The molecule has 0 aromatic carbocycles. The van der Waals surface area contributed by atoms with E-state index in [4.69, 9.17) is 0 Å².